The molecule has 0 aliphatic carbocycles. The van der Waals surface area contributed by atoms with Crippen LogP contribution in [0.15, 0.2) is 47.4 Å². The molecule has 0 atom stereocenters. The average molecular weight is 475 g/mol. The Morgan fingerprint density at radius 2 is 1.70 bits per heavy atom. The largest absolute Gasteiger partial charge is 0.493 e. The number of ketones is 1. The molecule has 1 aliphatic rings. The SMILES string of the molecule is CCN(CC)S(=O)(=O)c1ccc(C(=O)NCC(=O)OCC(=O)c2ccc3c(c2)CCO3)cc1. The number of Topliss-reactive ketones (excluding diaryl/α,β-unsaturated/α-hetero) is 1. The minimum absolute atomic E-state index is 0.0822. The fourth-order valence-corrected chi connectivity index (χ4v) is 4.84. The van der Waals surface area contributed by atoms with E-state index in [4.69, 9.17) is 9.47 Å². The van der Waals surface area contributed by atoms with Gasteiger partial charge in [0.25, 0.3) is 5.91 Å². The first-order valence-electron chi connectivity index (χ1n) is 10.6. The summed E-state index contributed by atoms with van der Waals surface area (Å²) in [7, 11) is -3.62. The number of carbonyl (C=O) groups is 3. The number of sulfonamides is 1. The molecule has 1 aliphatic heterocycles. The quantitative estimate of drug-likeness (QED) is 0.412. The molecular weight excluding hydrogens is 448 g/mol. The number of carbonyl (C=O) groups excluding carboxylic acids is 3. The van der Waals surface area contributed by atoms with E-state index in [0.29, 0.717) is 25.3 Å². The number of nitrogens with one attached hydrogen (secondary N) is 1. The molecule has 0 saturated heterocycles. The van der Waals surface area contributed by atoms with Gasteiger partial charge in [0, 0.05) is 30.6 Å². The molecule has 9 nitrogen and oxygen atoms in total. The van der Waals surface area contributed by atoms with Crippen molar-refractivity contribution >= 4 is 27.7 Å². The van der Waals surface area contributed by atoms with Crippen LogP contribution in [-0.2, 0) is 26.0 Å². The van der Waals surface area contributed by atoms with Crippen molar-refractivity contribution in [1.82, 2.24) is 9.62 Å². The van der Waals surface area contributed by atoms with Gasteiger partial charge in [-0.1, -0.05) is 13.8 Å². The number of benzene rings is 2. The van der Waals surface area contributed by atoms with Crippen LogP contribution in [-0.4, -0.2) is 63.2 Å². The number of ether oxygens (including phenoxy) is 2. The van der Waals surface area contributed by atoms with E-state index in [2.05, 4.69) is 5.32 Å². The molecule has 3 rings (SSSR count). The predicted molar refractivity (Wildman–Crippen MR) is 120 cm³/mol. The minimum atomic E-state index is -3.62. The van der Waals surface area contributed by atoms with Crippen LogP contribution in [0.5, 0.6) is 5.75 Å². The fourth-order valence-electron chi connectivity index (χ4n) is 3.39. The summed E-state index contributed by atoms with van der Waals surface area (Å²) in [6.45, 7) is 3.89. The van der Waals surface area contributed by atoms with Gasteiger partial charge in [-0.05, 0) is 48.0 Å². The van der Waals surface area contributed by atoms with Crippen LogP contribution in [0.25, 0.3) is 0 Å². The third-order valence-electron chi connectivity index (χ3n) is 5.23. The lowest BCUT2D eigenvalue weighted by Crippen LogP contribution is -2.32. The summed E-state index contributed by atoms with van der Waals surface area (Å²) >= 11 is 0. The Morgan fingerprint density at radius 3 is 2.36 bits per heavy atom. The van der Waals surface area contributed by atoms with E-state index >= 15 is 0 Å². The number of hydrogen-bond donors (Lipinski definition) is 1. The molecule has 0 unspecified atom stereocenters. The minimum Gasteiger partial charge on any atom is -0.493 e. The van der Waals surface area contributed by atoms with E-state index in [1.807, 2.05) is 0 Å². The van der Waals surface area contributed by atoms with E-state index in [1.54, 1.807) is 32.0 Å². The third-order valence-corrected chi connectivity index (χ3v) is 7.29. The third kappa shape index (κ3) is 5.77. The van der Waals surface area contributed by atoms with E-state index in [-0.39, 0.29) is 16.2 Å². The molecule has 0 saturated carbocycles. The second-order valence-corrected chi connectivity index (χ2v) is 9.24. The highest BCUT2D eigenvalue weighted by Crippen LogP contribution is 2.26. The van der Waals surface area contributed by atoms with Crippen LogP contribution in [0.3, 0.4) is 0 Å². The Balaban J connectivity index is 1.49. The molecule has 0 spiro atoms. The van der Waals surface area contributed by atoms with Crippen LogP contribution in [0, 0.1) is 0 Å². The second-order valence-electron chi connectivity index (χ2n) is 7.30. The molecule has 2 aromatic rings. The van der Waals surface area contributed by atoms with E-state index in [1.165, 1.54) is 28.6 Å². The molecular formula is C23H26N2O7S. The van der Waals surface area contributed by atoms with E-state index in [0.717, 1.165) is 17.7 Å². The lowest BCUT2D eigenvalue weighted by molar-refractivity contribution is -0.141. The van der Waals surface area contributed by atoms with E-state index in [9.17, 15) is 22.8 Å². The van der Waals surface area contributed by atoms with Crippen molar-refractivity contribution in [3.63, 3.8) is 0 Å². The van der Waals surface area contributed by atoms with Gasteiger partial charge >= 0.3 is 5.97 Å². The number of esters is 1. The summed E-state index contributed by atoms with van der Waals surface area (Å²) < 4.78 is 36.7. The first-order valence-corrected chi connectivity index (χ1v) is 12.0. The van der Waals surface area contributed by atoms with Crippen molar-refractivity contribution in [1.29, 1.82) is 0 Å². The normalized spacial score (nSPS) is 12.7. The maximum atomic E-state index is 12.5. The molecule has 0 aromatic heterocycles. The molecule has 1 N–H and O–H groups in total. The van der Waals surface area contributed by atoms with Gasteiger partial charge in [0.05, 0.1) is 11.5 Å². The number of fused-ring (bicyclic) bond motifs is 1. The molecule has 2 aromatic carbocycles. The van der Waals surface area contributed by atoms with Gasteiger partial charge in [0.15, 0.2) is 12.4 Å². The Bertz CT molecular complexity index is 1140. The molecule has 33 heavy (non-hydrogen) atoms. The summed E-state index contributed by atoms with van der Waals surface area (Å²) in [6.07, 6.45) is 0.727. The number of amides is 1. The summed E-state index contributed by atoms with van der Waals surface area (Å²) in [5.41, 5.74) is 1.56. The standard InChI is InChI=1S/C23H26N2O7S/c1-3-25(4-2)33(29,30)19-8-5-16(6-9-19)23(28)24-14-22(27)32-15-20(26)17-7-10-21-18(13-17)11-12-31-21/h5-10,13H,3-4,11-12,14-15H2,1-2H3,(H,24,28). The Labute approximate surface area is 192 Å². The number of rotatable bonds is 10. The second kappa shape index (κ2) is 10.6. The highest BCUT2D eigenvalue weighted by molar-refractivity contribution is 7.89. The predicted octanol–water partition coefficient (Wildman–Crippen LogP) is 1.81. The zero-order chi connectivity index (χ0) is 24.0. The van der Waals surface area contributed by atoms with Gasteiger partial charge in [-0.3, -0.25) is 14.4 Å². The summed E-state index contributed by atoms with van der Waals surface area (Å²) in [6, 6.07) is 10.5. The van der Waals surface area contributed by atoms with Crippen LogP contribution < -0.4 is 10.1 Å². The molecule has 176 valence electrons. The lowest BCUT2D eigenvalue weighted by Gasteiger charge is -2.18. The highest BCUT2D eigenvalue weighted by atomic mass is 32.2. The molecule has 0 radical (unpaired) electrons. The van der Waals surface area contributed by atoms with Crippen molar-refractivity contribution in [2.24, 2.45) is 0 Å². The summed E-state index contributed by atoms with van der Waals surface area (Å²) in [4.78, 5) is 36.5. The zero-order valence-corrected chi connectivity index (χ0v) is 19.3. The van der Waals surface area contributed by atoms with Crippen molar-refractivity contribution in [3.8, 4) is 5.75 Å². The van der Waals surface area contributed by atoms with Gasteiger partial charge in [0.2, 0.25) is 10.0 Å². The van der Waals surface area contributed by atoms with Gasteiger partial charge in [-0.25, -0.2) is 8.42 Å². The van der Waals surface area contributed by atoms with Crippen molar-refractivity contribution in [2.75, 3.05) is 32.8 Å². The van der Waals surface area contributed by atoms with Crippen molar-refractivity contribution < 1.29 is 32.3 Å². The monoisotopic (exact) mass is 474 g/mol. The van der Waals surface area contributed by atoms with Gasteiger partial charge in [-0.2, -0.15) is 4.31 Å². The van der Waals surface area contributed by atoms with Crippen molar-refractivity contribution in [3.05, 3.63) is 59.2 Å². The topological polar surface area (TPSA) is 119 Å². The lowest BCUT2D eigenvalue weighted by atomic mass is 10.1. The molecule has 0 bridgehead atoms. The fraction of sp³-hybridized carbons (Fsp3) is 0.348. The average Bonchev–Trinajstić information content (AvgIpc) is 3.29. The first kappa shape index (κ1) is 24.4. The molecule has 10 heteroatoms. The van der Waals surface area contributed by atoms with Gasteiger partial charge in [-0.15, -0.1) is 0 Å². The molecule has 0 fully saturated rings. The number of hydrogen-bond acceptors (Lipinski definition) is 7. The van der Waals surface area contributed by atoms with Gasteiger partial charge < -0.3 is 14.8 Å². The summed E-state index contributed by atoms with van der Waals surface area (Å²) in [5, 5.41) is 2.40. The Morgan fingerprint density at radius 1 is 1.03 bits per heavy atom. The Hall–Kier alpha value is -3.24. The Kier molecular flexibility index (Phi) is 7.83. The van der Waals surface area contributed by atoms with Gasteiger partial charge in [0.1, 0.15) is 12.3 Å². The summed E-state index contributed by atoms with van der Waals surface area (Å²) in [5.74, 6) is -0.926. The maximum Gasteiger partial charge on any atom is 0.325 e. The van der Waals surface area contributed by atoms with Crippen molar-refractivity contribution in [2.45, 2.75) is 25.2 Å². The highest BCUT2D eigenvalue weighted by Gasteiger charge is 2.22. The first-order chi connectivity index (χ1) is 15.8. The molecule has 1 amide bonds. The number of nitrogens with zero attached hydrogens (tertiary/aromatic N) is 1. The van der Waals surface area contributed by atoms with Crippen LogP contribution >= 0.6 is 0 Å². The molecule has 1 heterocycles. The van der Waals surface area contributed by atoms with Crippen LogP contribution in [0.1, 0.15) is 40.1 Å². The van der Waals surface area contributed by atoms with Crippen LogP contribution in [0.4, 0.5) is 0 Å². The smallest absolute Gasteiger partial charge is 0.325 e. The van der Waals surface area contributed by atoms with E-state index < -0.39 is 35.1 Å². The van der Waals surface area contributed by atoms with Crippen LogP contribution in [0.2, 0.25) is 0 Å². The maximum absolute atomic E-state index is 12.5. The zero-order valence-electron chi connectivity index (χ0n) is 18.5.